The lowest BCUT2D eigenvalue weighted by Gasteiger charge is -2.22. The van der Waals surface area contributed by atoms with Crippen LogP contribution in [-0.2, 0) is 4.79 Å². The Kier molecular flexibility index (Phi) is 6.29. The zero-order valence-corrected chi connectivity index (χ0v) is 17.6. The van der Waals surface area contributed by atoms with E-state index >= 15 is 0 Å². The van der Waals surface area contributed by atoms with E-state index in [9.17, 15) is 14.7 Å². The van der Waals surface area contributed by atoms with Gasteiger partial charge in [0.2, 0.25) is 5.91 Å². The fourth-order valence-electron chi connectivity index (χ4n) is 3.57. The largest absolute Gasteiger partial charge is 0.508 e. The van der Waals surface area contributed by atoms with E-state index in [-0.39, 0.29) is 30.5 Å². The number of fused-ring (bicyclic) bond motifs is 1. The molecule has 0 fully saturated rings. The maximum atomic E-state index is 12.8. The van der Waals surface area contributed by atoms with Gasteiger partial charge in [-0.1, -0.05) is 66.7 Å². The summed E-state index contributed by atoms with van der Waals surface area (Å²) in [7, 11) is 0. The quantitative estimate of drug-likeness (QED) is 0.400. The molecular formula is C25H22N2O3S. The molecule has 0 spiro atoms. The van der Waals surface area contributed by atoms with E-state index in [4.69, 9.17) is 0 Å². The van der Waals surface area contributed by atoms with Crippen LogP contribution in [0.4, 0.5) is 0 Å². The normalized spacial score (nSPS) is 11.7. The van der Waals surface area contributed by atoms with Crippen molar-refractivity contribution in [3.05, 3.63) is 100 Å². The number of phenolic OH excluding ortho intramolecular Hbond substituents is 1. The predicted molar refractivity (Wildman–Crippen MR) is 123 cm³/mol. The first-order chi connectivity index (χ1) is 15.1. The topological polar surface area (TPSA) is 78.4 Å². The van der Waals surface area contributed by atoms with Gasteiger partial charge >= 0.3 is 0 Å². The van der Waals surface area contributed by atoms with Gasteiger partial charge in [-0.15, -0.1) is 11.3 Å². The van der Waals surface area contributed by atoms with Crippen LogP contribution in [0.1, 0.15) is 33.3 Å². The summed E-state index contributed by atoms with van der Waals surface area (Å²) < 4.78 is 0. The van der Waals surface area contributed by atoms with Crippen LogP contribution < -0.4 is 10.6 Å². The highest BCUT2D eigenvalue weighted by Gasteiger charge is 2.22. The van der Waals surface area contributed by atoms with Gasteiger partial charge in [-0.3, -0.25) is 9.59 Å². The Hall–Kier alpha value is -3.64. The first-order valence-corrected chi connectivity index (χ1v) is 10.9. The van der Waals surface area contributed by atoms with Crippen molar-refractivity contribution in [2.45, 2.75) is 12.5 Å². The van der Waals surface area contributed by atoms with Crippen molar-refractivity contribution in [3.8, 4) is 5.75 Å². The van der Waals surface area contributed by atoms with Gasteiger partial charge in [-0.05, 0) is 33.8 Å². The summed E-state index contributed by atoms with van der Waals surface area (Å²) in [6.07, 6.45) is 0.131. The number of hydrogen-bond acceptors (Lipinski definition) is 4. The molecule has 6 heteroatoms. The third kappa shape index (κ3) is 4.75. The second kappa shape index (κ2) is 9.45. The van der Waals surface area contributed by atoms with Gasteiger partial charge in [0.05, 0.1) is 10.9 Å². The van der Waals surface area contributed by atoms with Crippen molar-refractivity contribution in [1.82, 2.24) is 10.6 Å². The van der Waals surface area contributed by atoms with Gasteiger partial charge in [0.1, 0.15) is 5.75 Å². The molecule has 0 saturated heterocycles. The number of hydrogen-bond donors (Lipinski definition) is 3. The van der Waals surface area contributed by atoms with Crippen molar-refractivity contribution in [2.75, 3.05) is 6.54 Å². The van der Waals surface area contributed by atoms with E-state index in [1.54, 1.807) is 12.1 Å². The molecule has 4 rings (SSSR count). The monoisotopic (exact) mass is 430 g/mol. The smallest absolute Gasteiger partial charge is 0.261 e. The SMILES string of the molecule is O=C(CCNC(=O)c1cccs1)NC(c1ccccc1)c1c(O)ccc2ccccc12. The molecule has 0 aliphatic rings. The molecule has 0 aliphatic carbocycles. The Bertz CT molecular complexity index is 1190. The Balaban J connectivity index is 1.55. The third-order valence-corrected chi connectivity index (χ3v) is 5.93. The molecule has 5 nitrogen and oxygen atoms in total. The van der Waals surface area contributed by atoms with Crippen molar-refractivity contribution in [2.24, 2.45) is 0 Å². The standard InChI is InChI=1S/C25H22N2O3S/c28-20-13-12-17-7-4-5-10-19(17)23(20)24(18-8-2-1-3-9-18)27-22(29)14-15-26-25(30)21-11-6-16-31-21/h1-13,16,24,28H,14-15H2,(H,26,30)(H,27,29). The molecule has 31 heavy (non-hydrogen) atoms. The van der Waals surface area contributed by atoms with E-state index in [0.29, 0.717) is 10.4 Å². The number of thiophene rings is 1. The van der Waals surface area contributed by atoms with Crippen LogP contribution in [0.15, 0.2) is 84.2 Å². The fraction of sp³-hybridized carbons (Fsp3) is 0.120. The molecule has 3 aromatic carbocycles. The number of nitrogens with one attached hydrogen (secondary N) is 2. The molecule has 0 bridgehead atoms. The van der Waals surface area contributed by atoms with Gasteiger partial charge in [-0.25, -0.2) is 0 Å². The maximum absolute atomic E-state index is 12.8. The zero-order valence-electron chi connectivity index (χ0n) is 16.7. The van der Waals surface area contributed by atoms with Gasteiger partial charge in [-0.2, -0.15) is 0 Å². The van der Waals surface area contributed by atoms with E-state index in [0.717, 1.165) is 16.3 Å². The minimum absolute atomic E-state index is 0.124. The number of amides is 2. The summed E-state index contributed by atoms with van der Waals surface area (Å²) in [5, 5.41) is 20.2. The zero-order chi connectivity index (χ0) is 21.6. The molecule has 0 aliphatic heterocycles. The highest BCUT2D eigenvalue weighted by atomic mass is 32.1. The number of benzene rings is 3. The summed E-state index contributed by atoms with van der Waals surface area (Å²) in [6, 6.07) is 23.9. The van der Waals surface area contributed by atoms with Crippen LogP contribution in [0.5, 0.6) is 5.75 Å². The van der Waals surface area contributed by atoms with E-state index in [1.165, 1.54) is 11.3 Å². The van der Waals surface area contributed by atoms with Gasteiger partial charge < -0.3 is 15.7 Å². The summed E-state index contributed by atoms with van der Waals surface area (Å²) in [5.74, 6) is -0.277. The Morgan fingerprint density at radius 2 is 1.68 bits per heavy atom. The van der Waals surface area contributed by atoms with Crippen LogP contribution in [-0.4, -0.2) is 23.5 Å². The molecular weight excluding hydrogens is 408 g/mol. The van der Waals surface area contributed by atoms with Crippen LogP contribution in [0.25, 0.3) is 10.8 Å². The van der Waals surface area contributed by atoms with Crippen LogP contribution in [0.2, 0.25) is 0 Å². The Morgan fingerprint density at radius 1 is 0.903 bits per heavy atom. The Labute approximate surface area is 184 Å². The minimum atomic E-state index is -0.521. The summed E-state index contributed by atoms with van der Waals surface area (Å²) in [4.78, 5) is 25.5. The molecule has 2 amide bonds. The molecule has 0 radical (unpaired) electrons. The molecule has 1 atom stereocenters. The van der Waals surface area contributed by atoms with Gasteiger partial charge in [0.25, 0.3) is 5.91 Å². The van der Waals surface area contributed by atoms with Crippen LogP contribution >= 0.6 is 11.3 Å². The minimum Gasteiger partial charge on any atom is -0.508 e. The third-order valence-electron chi connectivity index (χ3n) is 5.06. The number of aromatic hydroxyl groups is 1. The lowest BCUT2D eigenvalue weighted by molar-refractivity contribution is -0.121. The van der Waals surface area contributed by atoms with Crippen molar-refractivity contribution >= 4 is 33.9 Å². The number of carbonyl (C=O) groups excluding carboxylic acids is 2. The average Bonchev–Trinajstić information content (AvgIpc) is 3.34. The van der Waals surface area contributed by atoms with E-state index < -0.39 is 6.04 Å². The lowest BCUT2D eigenvalue weighted by atomic mass is 9.92. The van der Waals surface area contributed by atoms with Crippen molar-refractivity contribution < 1.29 is 14.7 Å². The average molecular weight is 431 g/mol. The first-order valence-electron chi connectivity index (χ1n) is 10.00. The summed E-state index contributed by atoms with van der Waals surface area (Å²) >= 11 is 1.36. The van der Waals surface area contributed by atoms with E-state index in [1.807, 2.05) is 72.1 Å². The maximum Gasteiger partial charge on any atom is 0.261 e. The van der Waals surface area contributed by atoms with Crippen LogP contribution in [0, 0.1) is 0 Å². The second-order valence-electron chi connectivity index (χ2n) is 7.11. The summed E-state index contributed by atoms with van der Waals surface area (Å²) in [6.45, 7) is 0.228. The molecule has 3 N–H and O–H groups in total. The van der Waals surface area contributed by atoms with Gasteiger partial charge in [0.15, 0.2) is 0 Å². The number of rotatable bonds is 7. The highest BCUT2D eigenvalue weighted by molar-refractivity contribution is 7.12. The molecule has 156 valence electrons. The highest BCUT2D eigenvalue weighted by Crippen LogP contribution is 2.35. The summed E-state index contributed by atoms with van der Waals surface area (Å²) in [5.41, 5.74) is 1.52. The van der Waals surface area contributed by atoms with E-state index in [2.05, 4.69) is 10.6 Å². The number of carbonyl (C=O) groups is 2. The molecule has 1 unspecified atom stereocenters. The van der Waals surface area contributed by atoms with Gasteiger partial charge in [0, 0.05) is 18.5 Å². The first kappa shape index (κ1) is 20.6. The predicted octanol–water partition coefficient (Wildman–Crippen LogP) is 4.63. The molecule has 4 aromatic rings. The molecule has 1 heterocycles. The lowest BCUT2D eigenvalue weighted by Crippen LogP contribution is -2.33. The van der Waals surface area contributed by atoms with Crippen molar-refractivity contribution in [3.63, 3.8) is 0 Å². The number of phenols is 1. The second-order valence-corrected chi connectivity index (χ2v) is 8.06. The molecule has 0 saturated carbocycles. The van der Waals surface area contributed by atoms with Crippen molar-refractivity contribution in [1.29, 1.82) is 0 Å². The van der Waals surface area contributed by atoms with Crippen LogP contribution in [0.3, 0.4) is 0 Å². The molecule has 1 aromatic heterocycles. The Morgan fingerprint density at radius 3 is 2.45 bits per heavy atom. The fourth-order valence-corrected chi connectivity index (χ4v) is 4.21.